The molecule has 1 N–H and O–H groups in total. The molecule has 1 heterocycles. The van der Waals surface area contributed by atoms with Crippen molar-refractivity contribution in [3.8, 4) is 23.0 Å². The number of carbonyl (C=O) groups is 1. The molecule has 0 spiro atoms. The average Bonchev–Trinajstić information content (AvgIpc) is 2.65. The van der Waals surface area contributed by atoms with Gasteiger partial charge in [0.05, 0.1) is 14.2 Å². The number of nitrogens with one attached hydrogen (secondary N) is 1. The predicted molar refractivity (Wildman–Crippen MR) is 87.7 cm³/mol. The fourth-order valence-electron chi connectivity index (χ4n) is 2.44. The fourth-order valence-corrected chi connectivity index (χ4v) is 2.44. The number of benzene rings is 2. The zero-order valence-electron chi connectivity index (χ0n) is 13.6. The van der Waals surface area contributed by atoms with E-state index in [-0.39, 0.29) is 12.5 Å². The number of para-hydroxylation sites is 2. The predicted octanol–water partition coefficient (Wildman–Crippen LogP) is 2.16. The molecular weight excluding hydrogens is 310 g/mol. The molecule has 0 saturated heterocycles. The SMILES string of the molecule is COc1ccc(CNC(=O)C2COc3ccccc3O2)cc1OC. The summed E-state index contributed by atoms with van der Waals surface area (Å²) in [6, 6.07) is 12.8. The number of ether oxygens (including phenoxy) is 4. The number of rotatable bonds is 5. The minimum absolute atomic E-state index is 0.189. The van der Waals surface area contributed by atoms with Crippen LogP contribution in [0.4, 0.5) is 0 Å². The minimum atomic E-state index is -0.667. The lowest BCUT2D eigenvalue weighted by atomic mass is 10.2. The molecule has 0 saturated carbocycles. The van der Waals surface area contributed by atoms with Gasteiger partial charge in [-0.2, -0.15) is 0 Å². The molecule has 1 atom stereocenters. The van der Waals surface area contributed by atoms with Crippen LogP contribution in [-0.2, 0) is 11.3 Å². The Morgan fingerprint density at radius 3 is 2.62 bits per heavy atom. The summed E-state index contributed by atoms with van der Waals surface area (Å²) in [4.78, 5) is 12.3. The molecule has 1 amide bonds. The van der Waals surface area contributed by atoms with Crippen LogP contribution in [0.5, 0.6) is 23.0 Å². The lowest BCUT2D eigenvalue weighted by Crippen LogP contribution is -2.43. The third-order valence-electron chi connectivity index (χ3n) is 3.72. The smallest absolute Gasteiger partial charge is 0.264 e. The van der Waals surface area contributed by atoms with Gasteiger partial charge in [-0.25, -0.2) is 0 Å². The van der Waals surface area contributed by atoms with E-state index in [9.17, 15) is 4.79 Å². The van der Waals surface area contributed by atoms with Crippen LogP contribution in [0.2, 0.25) is 0 Å². The highest BCUT2D eigenvalue weighted by atomic mass is 16.6. The highest BCUT2D eigenvalue weighted by Crippen LogP contribution is 2.31. The standard InChI is InChI=1S/C18H19NO5/c1-21-13-8-7-12(9-16(13)22-2)10-19-18(20)17-11-23-14-5-3-4-6-15(14)24-17/h3-9,17H,10-11H2,1-2H3,(H,19,20). The number of fused-ring (bicyclic) bond motifs is 1. The molecule has 0 fully saturated rings. The molecule has 2 aromatic rings. The van der Waals surface area contributed by atoms with Gasteiger partial charge in [0.15, 0.2) is 23.0 Å². The second-order valence-corrected chi connectivity index (χ2v) is 5.27. The first kappa shape index (κ1) is 16.0. The molecule has 24 heavy (non-hydrogen) atoms. The number of hydrogen-bond acceptors (Lipinski definition) is 5. The zero-order chi connectivity index (χ0) is 16.9. The maximum atomic E-state index is 12.3. The molecule has 1 aliphatic heterocycles. The summed E-state index contributed by atoms with van der Waals surface area (Å²) < 4.78 is 21.7. The van der Waals surface area contributed by atoms with E-state index in [1.165, 1.54) is 0 Å². The van der Waals surface area contributed by atoms with Crippen molar-refractivity contribution in [3.63, 3.8) is 0 Å². The summed E-state index contributed by atoms with van der Waals surface area (Å²) in [6.45, 7) is 0.551. The Morgan fingerprint density at radius 1 is 1.12 bits per heavy atom. The lowest BCUT2D eigenvalue weighted by molar-refractivity contribution is -0.130. The summed E-state index contributed by atoms with van der Waals surface area (Å²) >= 11 is 0. The van der Waals surface area contributed by atoms with E-state index in [0.717, 1.165) is 5.56 Å². The van der Waals surface area contributed by atoms with E-state index in [1.54, 1.807) is 26.4 Å². The summed E-state index contributed by atoms with van der Waals surface area (Å²) in [6.07, 6.45) is -0.667. The van der Waals surface area contributed by atoms with Gasteiger partial charge in [0.25, 0.3) is 5.91 Å². The van der Waals surface area contributed by atoms with Gasteiger partial charge in [0.2, 0.25) is 6.10 Å². The summed E-state index contributed by atoms with van der Waals surface area (Å²) in [5, 5.41) is 2.85. The van der Waals surface area contributed by atoms with E-state index >= 15 is 0 Å². The minimum Gasteiger partial charge on any atom is -0.493 e. The first-order chi connectivity index (χ1) is 11.7. The van der Waals surface area contributed by atoms with Crippen molar-refractivity contribution in [3.05, 3.63) is 48.0 Å². The summed E-state index contributed by atoms with van der Waals surface area (Å²) in [7, 11) is 3.16. The van der Waals surface area contributed by atoms with Crippen LogP contribution in [0.25, 0.3) is 0 Å². The van der Waals surface area contributed by atoms with Crippen molar-refractivity contribution in [1.82, 2.24) is 5.32 Å². The molecule has 6 nitrogen and oxygen atoms in total. The molecule has 1 aliphatic rings. The Bertz CT molecular complexity index is 731. The topological polar surface area (TPSA) is 66.0 Å². The molecule has 6 heteroatoms. The van der Waals surface area contributed by atoms with Crippen molar-refractivity contribution < 1.29 is 23.7 Å². The number of hydrogen-bond donors (Lipinski definition) is 1. The number of carbonyl (C=O) groups excluding carboxylic acids is 1. The Hall–Kier alpha value is -2.89. The van der Waals surface area contributed by atoms with E-state index < -0.39 is 6.10 Å². The third-order valence-corrected chi connectivity index (χ3v) is 3.72. The van der Waals surface area contributed by atoms with Gasteiger partial charge in [0, 0.05) is 6.54 Å². The van der Waals surface area contributed by atoms with Crippen LogP contribution < -0.4 is 24.3 Å². The third kappa shape index (κ3) is 3.37. The quantitative estimate of drug-likeness (QED) is 0.910. The highest BCUT2D eigenvalue weighted by molar-refractivity contribution is 5.81. The Morgan fingerprint density at radius 2 is 1.88 bits per heavy atom. The van der Waals surface area contributed by atoms with Crippen LogP contribution in [0.15, 0.2) is 42.5 Å². The van der Waals surface area contributed by atoms with Crippen molar-refractivity contribution in [2.24, 2.45) is 0 Å². The van der Waals surface area contributed by atoms with Gasteiger partial charge >= 0.3 is 0 Å². The Kier molecular flexibility index (Phi) is 4.74. The maximum absolute atomic E-state index is 12.3. The molecule has 0 bridgehead atoms. The number of methoxy groups -OCH3 is 2. The second kappa shape index (κ2) is 7.12. The second-order valence-electron chi connectivity index (χ2n) is 5.27. The van der Waals surface area contributed by atoms with Gasteiger partial charge < -0.3 is 24.3 Å². The van der Waals surface area contributed by atoms with Crippen LogP contribution in [0.3, 0.4) is 0 Å². The summed E-state index contributed by atoms with van der Waals surface area (Å²) in [5.74, 6) is 2.28. The largest absolute Gasteiger partial charge is 0.493 e. The van der Waals surface area contributed by atoms with Crippen molar-refractivity contribution in [2.75, 3.05) is 20.8 Å². The monoisotopic (exact) mass is 329 g/mol. The molecule has 126 valence electrons. The van der Waals surface area contributed by atoms with E-state index in [4.69, 9.17) is 18.9 Å². The first-order valence-corrected chi connectivity index (χ1v) is 7.58. The van der Waals surface area contributed by atoms with E-state index in [1.807, 2.05) is 30.3 Å². The molecule has 1 unspecified atom stereocenters. The normalized spacial score (nSPS) is 15.5. The molecule has 0 radical (unpaired) electrons. The van der Waals surface area contributed by atoms with Crippen molar-refractivity contribution in [1.29, 1.82) is 0 Å². The van der Waals surface area contributed by atoms with Crippen LogP contribution in [0.1, 0.15) is 5.56 Å². The van der Waals surface area contributed by atoms with Gasteiger partial charge in [-0.05, 0) is 29.8 Å². The van der Waals surface area contributed by atoms with Gasteiger partial charge in [-0.1, -0.05) is 18.2 Å². The van der Waals surface area contributed by atoms with Crippen molar-refractivity contribution in [2.45, 2.75) is 12.6 Å². The zero-order valence-corrected chi connectivity index (χ0v) is 13.6. The average molecular weight is 329 g/mol. The summed E-state index contributed by atoms with van der Waals surface area (Å²) in [5.41, 5.74) is 0.901. The van der Waals surface area contributed by atoms with E-state index in [2.05, 4.69) is 5.32 Å². The highest BCUT2D eigenvalue weighted by Gasteiger charge is 2.26. The Balaban J connectivity index is 1.60. The van der Waals surface area contributed by atoms with Gasteiger partial charge in [-0.15, -0.1) is 0 Å². The maximum Gasteiger partial charge on any atom is 0.264 e. The van der Waals surface area contributed by atoms with Crippen LogP contribution >= 0.6 is 0 Å². The van der Waals surface area contributed by atoms with Crippen molar-refractivity contribution >= 4 is 5.91 Å². The Labute approximate surface area is 140 Å². The van der Waals surface area contributed by atoms with Gasteiger partial charge in [0.1, 0.15) is 6.61 Å². The molecule has 0 aromatic heterocycles. The van der Waals surface area contributed by atoms with E-state index in [0.29, 0.717) is 29.5 Å². The molecule has 0 aliphatic carbocycles. The fraction of sp³-hybridized carbons (Fsp3) is 0.278. The van der Waals surface area contributed by atoms with Gasteiger partial charge in [-0.3, -0.25) is 4.79 Å². The molecular formula is C18H19NO5. The van der Waals surface area contributed by atoms with Crippen LogP contribution in [0, 0.1) is 0 Å². The first-order valence-electron chi connectivity index (χ1n) is 7.58. The van der Waals surface area contributed by atoms with Crippen LogP contribution in [-0.4, -0.2) is 32.8 Å². The molecule has 2 aromatic carbocycles. The lowest BCUT2D eigenvalue weighted by Gasteiger charge is -2.25. The molecule has 3 rings (SSSR count). The number of amides is 1.